The van der Waals surface area contributed by atoms with Gasteiger partial charge in [0.1, 0.15) is 12.2 Å². The van der Waals surface area contributed by atoms with Crippen LogP contribution >= 0.6 is 0 Å². The summed E-state index contributed by atoms with van der Waals surface area (Å²) in [6, 6.07) is 19.8. The number of hydrogen-bond acceptors (Lipinski definition) is 4. The molecule has 0 bridgehead atoms. The fourth-order valence-electron chi connectivity index (χ4n) is 2.50. The smallest absolute Gasteiger partial charge is 0.249 e. The van der Waals surface area contributed by atoms with Crippen LogP contribution in [0.15, 0.2) is 71.8 Å². The van der Waals surface area contributed by atoms with Crippen LogP contribution in [0.3, 0.4) is 0 Å². The maximum atomic E-state index is 11.8. The number of phenols is 1. The van der Waals surface area contributed by atoms with Gasteiger partial charge in [-0.25, -0.2) is 5.43 Å². The Morgan fingerprint density at radius 3 is 2.46 bits per heavy atom. The normalized spacial score (nSPS) is 10.8. The number of carbonyl (C=O) groups is 2. The maximum Gasteiger partial charge on any atom is 0.249 e. The lowest BCUT2D eigenvalue weighted by Gasteiger charge is -2.05. The molecule has 2 amide bonds. The van der Waals surface area contributed by atoms with E-state index in [1.54, 1.807) is 36.4 Å². The lowest BCUT2D eigenvalue weighted by atomic mass is 10.0. The number of hydrogen-bond donors (Lipinski definition) is 3. The van der Waals surface area contributed by atoms with Gasteiger partial charge in [-0.3, -0.25) is 9.59 Å². The number of para-hydroxylation sites is 1. The number of amides is 2. The fourth-order valence-corrected chi connectivity index (χ4v) is 2.50. The Morgan fingerprint density at radius 1 is 0.923 bits per heavy atom. The summed E-state index contributed by atoms with van der Waals surface area (Å²) in [5, 5.41) is 18.2. The van der Waals surface area contributed by atoms with Crippen molar-refractivity contribution in [3.63, 3.8) is 0 Å². The van der Waals surface area contributed by atoms with Crippen LogP contribution in [0, 0.1) is 0 Å². The van der Waals surface area contributed by atoms with Gasteiger partial charge in [0.2, 0.25) is 11.8 Å². The van der Waals surface area contributed by atoms with Crippen LogP contribution in [0.2, 0.25) is 0 Å². The number of carbonyl (C=O) groups excluding carboxylic acids is 2. The summed E-state index contributed by atoms with van der Waals surface area (Å²) in [4.78, 5) is 23.7. The van der Waals surface area contributed by atoms with E-state index in [-0.39, 0.29) is 12.2 Å². The van der Waals surface area contributed by atoms with Crippen molar-refractivity contribution in [1.29, 1.82) is 0 Å². The second kappa shape index (κ2) is 7.94. The Labute approximate surface area is 150 Å². The van der Waals surface area contributed by atoms with Gasteiger partial charge in [0.05, 0.1) is 6.21 Å². The molecule has 3 N–H and O–H groups in total. The van der Waals surface area contributed by atoms with E-state index in [0.29, 0.717) is 11.3 Å². The predicted octanol–water partition coefficient (Wildman–Crippen LogP) is 3.02. The highest BCUT2D eigenvalue weighted by Crippen LogP contribution is 2.25. The topological polar surface area (TPSA) is 90.8 Å². The summed E-state index contributed by atoms with van der Waals surface area (Å²) in [6.07, 6.45) is 1.01. The Bertz CT molecular complexity index is 968. The van der Waals surface area contributed by atoms with Gasteiger partial charge in [-0.2, -0.15) is 5.10 Å². The van der Waals surface area contributed by atoms with Crippen LogP contribution < -0.4 is 10.7 Å². The molecule has 3 aromatic rings. The molecule has 6 heteroatoms. The monoisotopic (exact) mass is 347 g/mol. The summed E-state index contributed by atoms with van der Waals surface area (Å²) >= 11 is 0. The molecule has 0 aliphatic carbocycles. The molecule has 3 rings (SSSR count). The van der Waals surface area contributed by atoms with Crippen LogP contribution in [0.5, 0.6) is 5.75 Å². The summed E-state index contributed by atoms with van der Waals surface area (Å²) in [5.74, 6) is -0.921. The quantitative estimate of drug-likeness (QED) is 0.376. The maximum absolute atomic E-state index is 11.8. The van der Waals surface area contributed by atoms with E-state index in [4.69, 9.17) is 0 Å². The minimum atomic E-state index is -0.547. The molecule has 0 radical (unpaired) electrons. The standard InChI is InChI=1S/C20H17N3O3/c24-18-11-10-14-6-4-5-9-16(14)17(18)13-21-23-20(26)12-19(25)22-15-7-2-1-3-8-15/h1-11,13,24H,12H2,(H,22,25)(H,23,26). The highest BCUT2D eigenvalue weighted by Gasteiger charge is 2.09. The van der Waals surface area contributed by atoms with Crippen molar-refractivity contribution < 1.29 is 14.7 Å². The van der Waals surface area contributed by atoms with Crippen molar-refractivity contribution in [3.8, 4) is 5.75 Å². The number of hydrazone groups is 1. The molecule has 0 fully saturated rings. The molecule has 6 nitrogen and oxygen atoms in total. The lowest BCUT2D eigenvalue weighted by molar-refractivity contribution is -0.126. The number of fused-ring (bicyclic) bond motifs is 1. The van der Waals surface area contributed by atoms with Crippen molar-refractivity contribution in [2.75, 3.05) is 5.32 Å². The molecule has 26 heavy (non-hydrogen) atoms. The van der Waals surface area contributed by atoms with Gasteiger partial charge >= 0.3 is 0 Å². The van der Waals surface area contributed by atoms with Gasteiger partial charge in [0, 0.05) is 11.3 Å². The van der Waals surface area contributed by atoms with Gasteiger partial charge in [-0.1, -0.05) is 48.5 Å². The average molecular weight is 347 g/mol. The first-order chi connectivity index (χ1) is 12.6. The Hall–Kier alpha value is -3.67. The van der Waals surface area contributed by atoms with Crippen LogP contribution in [0.1, 0.15) is 12.0 Å². The zero-order valence-electron chi connectivity index (χ0n) is 13.8. The van der Waals surface area contributed by atoms with Crippen molar-refractivity contribution in [2.45, 2.75) is 6.42 Å². The Kier molecular flexibility index (Phi) is 5.24. The number of nitrogens with one attached hydrogen (secondary N) is 2. The Morgan fingerprint density at radius 2 is 1.65 bits per heavy atom. The van der Waals surface area contributed by atoms with Crippen molar-refractivity contribution >= 4 is 34.5 Å². The fraction of sp³-hybridized carbons (Fsp3) is 0.0500. The molecule has 130 valence electrons. The molecule has 0 saturated carbocycles. The molecule has 0 aromatic heterocycles. The van der Waals surface area contributed by atoms with Gasteiger partial charge in [-0.15, -0.1) is 0 Å². The minimum absolute atomic E-state index is 0.0588. The number of benzene rings is 3. The van der Waals surface area contributed by atoms with Crippen LogP contribution in [-0.2, 0) is 9.59 Å². The number of phenolic OH excluding ortho intramolecular Hbond substituents is 1. The predicted molar refractivity (Wildman–Crippen MR) is 101 cm³/mol. The molecule has 3 aromatic carbocycles. The number of aromatic hydroxyl groups is 1. The highest BCUT2D eigenvalue weighted by atomic mass is 16.3. The van der Waals surface area contributed by atoms with E-state index in [2.05, 4.69) is 15.8 Å². The molecule has 0 aliphatic heterocycles. The second-order valence-electron chi connectivity index (χ2n) is 5.60. The first-order valence-corrected chi connectivity index (χ1v) is 8.01. The number of rotatable bonds is 5. The second-order valence-corrected chi connectivity index (χ2v) is 5.60. The van der Waals surface area contributed by atoms with Crippen LogP contribution in [0.25, 0.3) is 10.8 Å². The summed E-state index contributed by atoms with van der Waals surface area (Å²) in [6.45, 7) is 0. The van der Waals surface area contributed by atoms with Gasteiger partial charge in [-0.05, 0) is 29.0 Å². The van der Waals surface area contributed by atoms with Gasteiger partial charge in [0.15, 0.2) is 0 Å². The van der Waals surface area contributed by atoms with E-state index >= 15 is 0 Å². The minimum Gasteiger partial charge on any atom is -0.507 e. The highest BCUT2D eigenvalue weighted by molar-refractivity contribution is 6.05. The lowest BCUT2D eigenvalue weighted by Crippen LogP contribution is -2.24. The zero-order valence-corrected chi connectivity index (χ0v) is 13.8. The van der Waals surface area contributed by atoms with E-state index < -0.39 is 11.8 Å². The van der Waals surface area contributed by atoms with E-state index in [0.717, 1.165) is 10.8 Å². The van der Waals surface area contributed by atoms with Crippen molar-refractivity contribution in [1.82, 2.24) is 5.43 Å². The zero-order chi connectivity index (χ0) is 18.4. The van der Waals surface area contributed by atoms with Gasteiger partial charge in [0.25, 0.3) is 0 Å². The first-order valence-electron chi connectivity index (χ1n) is 8.01. The first kappa shape index (κ1) is 17.2. The number of anilines is 1. The third kappa shape index (κ3) is 4.24. The molecule has 0 unspecified atom stereocenters. The number of nitrogens with zero attached hydrogens (tertiary/aromatic N) is 1. The molecule has 0 spiro atoms. The summed E-state index contributed by atoms with van der Waals surface area (Å²) < 4.78 is 0. The third-order valence-electron chi connectivity index (χ3n) is 3.71. The van der Waals surface area contributed by atoms with E-state index in [1.165, 1.54) is 6.21 Å². The molecule has 0 atom stereocenters. The molecule has 0 saturated heterocycles. The average Bonchev–Trinajstić information content (AvgIpc) is 2.64. The molecular weight excluding hydrogens is 330 g/mol. The SMILES string of the molecule is O=C(CC(=O)Nc1ccccc1)NN=Cc1c(O)ccc2ccccc12. The van der Waals surface area contributed by atoms with E-state index in [1.807, 2.05) is 30.3 Å². The third-order valence-corrected chi connectivity index (χ3v) is 3.71. The molecular formula is C20H17N3O3. The van der Waals surface area contributed by atoms with E-state index in [9.17, 15) is 14.7 Å². The van der Waals surface area contributed by atoms with Crippen LogP contribution in [-0.4, -0.2) is 23.1 Å². The van der Waals surface area contributed by atoms with Crippen molar-refractivity contribution in [2.24, 2.45) is 5.10 Å². The largest absolute Gasteiger partial charge is 0.507 e. The summed E-state index contributed by atoms with van der Waals surface area (Å²) in [5.41, 5.74) is 3.42. The van der Waals surface area contributed by atoms with Gasteiger partial charge < -0.3 is 10.4 Å². The van der Waals surface area contributed by atoms with Crippen molar-refractivity contribution in [3.05, 3.63) is 72.3 Å². The summed E-state index contributed by atoms with van der Waals surface area (Å²) in [7, 11) is 0. The van der Waals surface area contributed by atoms with Crippen LogP contribution in [0.4, 0.5) is 5.69 Å². The Balaban J connectivity index is 1.61. The molecule has 0 aliphatic rings. The molecule has 0 heterocycles.